The van der Waals surface area contributed by atoms with Gasteiger partial charge in [-0.1, -0.05) is 62.4 Å². The molecule has 0 aliphatic carbocycles. The van der Waals surface area contributed by atoms with E-state index in [1.54, 1.807) is 33.7 Å². The highest BCUT2D eigenvalue weighted by Crippen LogP contribution is 2.36. The number of rotatable bonds is 6. The molecule has 43 heavy (non-hydrogen) atoms. The molecular formula is C32H31ClFN5O4. The number of hydrogen-bond donors (Lipinski definition) is 0. The van der Waals surface area contributed by atoms with Gasteiger partial charge in [-0.25, -0.2) is 18.7 Å². The molecule has 5 rings (SSSR count). The van der Waals surface area contributed by atoms with Crippen LogP contribution in [-0.2, 0) is 27.2 Å². The minimum Gasteiger partial charge on any atom is -0.350 e. The first-order valence-electron chi connectivity index (χ1n) is 13.9. The molecular weight excluding hydrogens is 573 g/mol. The van der Waals surface area contributed by atoms with Gasteiger partial charge in [0.15, 0.2) is 5.65 Å². The SMILES string of the molecule is C=CC(=O)N1CCN(c2nc(=O)n(-c3c(CC)cccc3CC)c3nc(-c4ccccc4F)c(Cl)cc23)[C@@H](C)C1.O=C=O. The number of aryl methyl sites for hydroxylation is 2. The molecule has 9 nitrogen and oxygen atoms in total. The average Bonchev–Trinajstić information content (AvgIpc) is 3.00. The van der Waals surface area contributed by atoms with Crippen LogP contribution in [0.15, 0.2) is 66.0 Å². The zero-order chi connectivity index (χ0) is 31.3. The Kier molecular flexibility index (Phi) is 9.85. The summed E-state index contributed by atoms with van der Waals surface area (Å²) in [5, 5.41) is 0.825. The van der Waals surface area contributed by atoms with Gasteiger partial charge in [0.2, 0.25) is 5.91 Å². The maximum atomic E-state index is 14.9. The Hall–Kier alpha value is -4.66. The number of amides is 1. The number of pyridine rings is 1. The quantitative estimate of drug-likeness (QED) is 0.285. The van der Waals surface area contributed by atoms with Crippen LogP contribution in [0, 0.1) is 5.82 Å². The Morgan fingerprint density at radius 3 is 2.33 bits per heavy atom. The number of carbonyl (C=O) groups is 1. The molecule has 0 saturated carbocycles. The summed E-state index contributed by atoms with van der Waals surface area (Å²) in [6.45, 7) is 11.0. The van der Waals surface area contributed by atoms with Gasteiger partial charge >= 0.3 is 11.8 Å². The van der Waals surface area contributed by atoms with Crippen molar-refractivity contribution < 1.29 is 18.8 Å². The second-order valence-electron chi connectivity index (χ2n) is 9.97. The summed E-state index contributed by atoms with van der Waals surface area (Å²) >= 11 is 6.77. The smallest absolute Gasteiger partial charge is 0.350 e. The minimum absolute atomic E-state index is 0.136. The summed E-state index contributed by atoms with van der Waals surface area (Å²) in [6.07, 6.45) is 2.95. The zero-order valence-electron chi connectivity index (χ0n) is 24.1. The molecule has 4 aromatic rings. The van der Waals surface area contributed by atoms with Crippen LogP contribution in [0.4, 0.5) is 10.2 Å². The van der Waals surface area contributed by atoms with Gasteiger partial charge in [-0.15, -0.1) is 0 Å². The summed E-state index contributed by atoms with van der Waals surface area (Å²) in [5.41, 5.74) is 3.06. The first-order valence-corrected chi connectivity index (χ1v) is 14.2. The number of anilines is 1. The lowest BCUT2D eigenvalue weighted by molar-refractivity contribution is -0.191. The molecule has 1 amide bonds. The number of piperazine rings is 1. The fourth-order valence-electron chi connectivity index (χ4n) is 5.47. The van der Waals surface area contributed by atoms with Crippen molar-refractivity contribution in [3.05, 3.63) is 93.6 Å². The first-order chi connectivity index (χ1) is 20.7. The van der Waals surface area contributed by atoms with Gasteiger partial charge in [-0.05, 0) is 55.2 Å². The molecule has 11 heteroatoms. The largest absolute Gasteiger partial charge is 0.373 e. The Balaban J connectivity index is 0.00000135. The first kappa shape index (κ1) is 31.3. The van der Waals surface area contributed by atoms with Gasteiger partial charge in [-0.2, -0.15) is 14.6 Å². The predicted octanol–water partition coefficient (Wildman–Crippen LogP) is 5.00. The van der Waals surface area contributed by atoms with Crippen molar-refractivity contribution >= 4 is 40.5 Å². The Labute approximate surface area is 253 Å². The monoisotopic (exact) mass is 603 g/mol. The molecule has 222 valence electrons. The van der Waals surface area contributed by atoms with Crippen LogP contribution in [0.5, 0.6) is 0 Å². The standard InChI is InChI=1S/C31H31ClFN5O2.CO2/c1-5-20-11-10-12-21(6-2)28(20)38-30-23(17-24(32)27(34-30)22-13-8-9-14-25(22)33)29(35-31(38)40)37-16-15-36(18-19(37)4)26(39)7-3;2-1-3/h7-14,17,19H,3,5-6,15-16,18H2,1-2,4H3;/t19-;/m0./s1. The molecule has 0 bridgehead atoms. The van der Waals surface area contributed by atoms with Crippen LogP contribution in [0.25, 0.3) is 28.0 Å². The van der Waals surface area contributed by atoms with Crippen LogP contribution >= 0.6 is 11.6 Å². The second kappa shape index (κ2) is 13.5. The van der Waals surface area contributed by atoms with E-state index >= 15 is 0 Å². The average molecular weight is 604 g/mol. The lowest BCUT2D eigenvalue weighted by Gasteiger charge is -2.40. The predicted molar refractivity (Wildman–Crippen MR) is 163 cm³/mol. The number of para-hydroxylation sites is 1. The Morgan fingerprint density at radius 1 is 1.09 bits per heavy atom. The molecule has 0 radical (unpaired) electrons. The van der Waals surface area contributed by atoms with Gasteiger partial charge in [-0.3, -0.25) is 4.79 Å². The molecule has 0 spiro atoms. The van der Waals surface area contributed by atoms with E-state index in [1.165, 1.54) is 12.1 Å². The number of nitrogens with zero attached hydrogens (tertiary/aromatic N) is 5. The van der Waals surface area contributed by atoms with Gasteiger partial charge in [0.25, 0.3) is 0 Å². The molecule has 1 saturated heterocycles. The fourth-order valence-corrected chi connectivity index (χ4v) is 5.73. The summed E-state index contributed by atoms with van der Waals surface area (Å²) in [5.74, 6) is -0.155. The topological polar surface area (TPSA) is 105 Å². The van der Waals surface area contributed by atoms with Crippen LogP contribution in [0.1, 0.15) is 31.9 Å². The van der Waals surface area contributed by atoms with Crippen molar-refractivity contribution in [1.82, 2.24) is 19.4 Å². The summed E-state index contributed by atoms with van der Waals surface area (Å²) < 4.78 is 16.5. The van der Waals surface area contributed by atoms with E-state index in [0.29, 0.717) is 49.3 Å². The van der Waals surface area contributed by atoms with Crippen LogP contribution in [-0.4, -0.2) is 57.2 Å². The van der Waals surface area contributed by atoms with Crippen molar-refractivity contribution in [2.45, 2.75) is 39.7 Å². The third-order valence-electron chi connectivity index (χ3n) is 7.50. The number of hydrogen-bond acceptors (Lipinski definition) is 7. The van der Waals surface area contributed by atoms with Crippen LogP contribution < -0.4 is 10.6 Å². The van der Waals surface area contributed by atoms with Crippen LogP contribution in [0.3, 0.4) is 0 Å². The van der Waals surface area contributed by atoms with Crippen LogP contribution in [0.2, 0.25) is 5.02 Å². The number of carbonyl (C=O) groups excluding carboxylic acids is 3. The van der Waals surface area contributed by atoms with Gasteiger partial charge in [0.1, 0.15) is 11.6 Å². The highest BCUT2D eigenvalue weighted by atomic mass is 35.5. The molecule has 0 N–H and O–H groups in total. The Morgan fingerprint density at radius 2 is 1.74 bits per heavy atom. The van der Waals surface area contributed by atoms with Gasteiger partial charge in [0, 0.05) is 31.2 Å². The number of benzene rings is 2. The zero-order valence-corrected chi connectivity index (χ0v) is 24.9. The van der Waals surface area contributed by atoms with E-state index in [0.717, 1.165) is 16.8 Å². The minimum atomic E-state index is -0.482. The molecule has 2 aromatic carbocycles. The lowest BCUT2D eigenvalue weighted by Crippen LogP contribution is -2.54. The maximum absolute atomic E-state index is 14.9. The lowest BCUT2D eigenvalue weighted by atomic mass is 10.0. The van der Waals surface area contributed by atoms with E-state index < -0.39 is 11.5 Å². The fraction of sp³-hybridized carbons (Fsp3) is 0.281. The molecule has 1 fully saturated rings. The highest BCUT2D eigenvalue weighted by molar-refractivity contribution is 6.33. The third-order valence-corrected chi connectivity index (χ3v) is 7.79. The molecule has 1 aliphatic heterocycles. The van der Waals surface area contributed by atoms with Gasteiger partial charge < -0.3 is 9.80 Å². The maximum Gasteiger partial charge on any atom is 0.373 e. The van der Waals surface area contributed by atoms with Crippen molar-refractivity contribution in [3.8, 4) is 16.9 Å². The summed E-state index contributed by atoms with van der Waals surface area (Å²) in [4.78, 5) is 55.7. The molecule has 2 aromatic heterocycles. The molecule has 1 atom stereocenters. The summed E-state index contributed by atoms with van der Waals surface area (Å²) in [7, 11) is 0. The number of aromatic nitrogens is 3. The second-order valence-corrected chi connectivity index (χ2v) is 10.4. The highest BCUT2D eigenvalue weighted by Gasteiger charge is 2.30. The van der Waals surface area contributed by atoms with Crippen molar-refractivity contribution in [2.75, 3.05) is 24.5 Å². The molecule has 0 unspecified atom stereocenters. The number of halogens is 2. The molecule has 3 heterocycles. The summed E-state index contributed by atoms with van der Waals surface area (Å²) in [6, 6.07) is 13.9. The van der Waals surface area contributed by atoms with Gasteiger partial charge in [0.05, 0.1) is 21.8 Å². The van der Waals surface area contributed by atoms with E-state index in [1.807, 2.05) is 43.9 Å². The van der Waals surface area contributed by atoms with E-state index in [9.17, 15) is 14.0 Å². The van der Waals surface area contributed by atoms with Crippen molar-refractivity contribution in [1.29, 1.82) is 0 Å². The van der Waals surface area contributed by atoms with E-state index in [2.05, 4.69) is 11.6 Å². The third kappa shape index (κ3) is 6.11. The van der Waals surface area contributed by atoms with Crippen molar-refractivity contribution in [2.24, 2.45) is 0 Å². The van der Waals surface area contributed by atoms with E-state index in [-0.39, 0.29) is 34.4 Å². The number of fused-ring (bicyclic) bond motifs is 1. The van der Waals surface area contributed by atoms with Crippen molar-refractivity contribution in [3.63, 3.8) is 0 Å². The van der Waals surface area contributed by atoms with E-state index in [4.69, 9.17) is 26.2 Å². The molecule has 1 aliphatic rings. The normalized spacial score (nSPS) is 14.6. The Bertz CT molecular complexity index is 1760.